The third-order valence-corrected chi connectivity index (χ3v) is 3.67. The molecule has 0 bridgehead atoms. The van der Waals surface area contributed by atoms with Gasteiger partial charge in [0.1, 0.15) is 0 Å². The van der Waals surface area contributed by atoms with E-state index in [9.17, 15) is 0 Å². The second-order valence-electron chi connectivity index (χ2n) is 5.30. The van der Waals surface area contributed by atoms with Gasteiger partial charge in [0.05, 0.1) is 0 Å². The molecule has 0 aliphatic carbocycles. The van der Waals surface area contributed by atoms with Gasteiger partial charge >= 0.3 is 0 Å². The maximum atomic E-state index is 6.28. The van der Waals surface area contributed by atoms with Crippen LogP contribution in [0.25, 0.3) is 0 Å². The zero-order valence-electron chi connectivity index (χ0n) is 10.2. The number of benzene rings is 1. The van der Waals surface area contributed by atoms with Crippen molar-refractivity contribution < 1.29 is 0 Å². The number of nitrogens with two attached hydrogens (primary N) is 1. The van der Waals surface area contributed by atoms with Crippen LogP contribution in [0.1, 0.15) is 43.5 Å². The molecule has 15 heavy (non-hydrogen) atoms. The van der Waals surface area contributed by atoms with Gasteiger partial charge in [-0.1, -0.05) is 42.8 Å². The molecule has 0 aliphatic rings. The Labute approximate surface area is 101 Å². The van der Waals surface area contributed by atoms with Crippen LogP contribution in [0.2, 0.25) is 0 Å². The van der Waals surface area contributed by atoms with Gasteiger partial charge in [-0.3, -0.25) is 0 Å². The standard InChI is InChI=1S/C13H20BrN/c1-8-7-11(14)9(2)6-10(8)12(15)13(3,4)5/h6-7,12H,15H2,1-5H3. The lowest BCUT2D eigenvalue weighted by molar-refractivity contribution is 0.326. The summed E-state index contributed by atoms with van der Waals surface area (Å²) in [5.74, 6) is 0. The van der Waals surface area contributed by atoms with Crippen molar-refractivity contribution in [1.29, 1.82) is 0 Å². The smallest absolute Gasteiger partial charge is 0.0346 e. The summed E-state index contributed by atoms with van der Waals surface area (Å²) in [6.07, 6.45) is 0. The molecule has 1 nitrogen and oxygen atoms in total. The molecule has 1 rings (SSSR count). The minimum atomic E-state index is 0.0873. The summed E-state index contributed by atoms with van der Waals surface area (Å²) in [6.45, 7) is 10.7. The summed E-state index contributed by atoms with van der Waals surface area (Å²) in [6, 6.07) is 4.43. The van der Waals surface area contributed by atoms with Crippen molar-refractivity contribution in [3.63, 3.8) is 0 Å². The van der Waals surface area contributed by atoms with Gasteiger partial charge in [0, 0.05) is 10.5 Å². The van der Waals surface area contributed by atoms with Crippen LogP contribution in [0, 0.1) is 19.3 Å². The lowest BCUT2D eigenvalue weighted by Gasteiger charge is -2.29. The lowest BCUT2D eigenvalue weighted by atomic mass is 9.81. The Hall–Kier alpha value is -0.340. The van der Waals surface area contributed by atoms with Gasteiger partial charge < -0.3 is 5.73 Å². The molecule has 1 atom stereocenters. The van der Waals surface area contributed by atoms with Gasteiger partial charge in [0.2, 0.25) is 0 Å². The summed E-state index contributed by atoms with van der Waals surface area (Å²) < 4.78 is 1.16. The van der Waals surface area contributed by atoms with Crippen molar-refractivity contribution in [2.24, 2.45) is 11.1 Å². The predicted molar refractivity (Wildman–Crippen MR) is 70.0 cm³/mol. The fourth-order valence-electron chi connectivity index (χ4n) is 1.60. The SMILES string of the molecule is Cc1cc(C(N)C(C)(C)C)c(C)cc1Br. The van der Waals surface area contributed by atoms with E-state index < -0.39 is 0 Å². The second kappa shape index (κ2) is 4.26. The minimum absolute atomic E-state index is 0.0873. The molecule has 0 aliphatic heterocycles. The highest BCUT2D eigenvalue weighted by Gasteiger charge is 2.23. The number of halogens is 1. The van der Waals surface area contributed by atoms with Crippen LogP contribution < -0.4 is 5.73 Å². The van der Waals surface area contributed by atoms with E-state index >= 15 is 0 Å². The first-order valence-electron chi connectivity index (χ1n) is 5.25. The number of hydrogen-bond donors (Lipinski definition) is 1. The van der Waals surface area contributed by atoms with E-state index in [1.807, 2.05) is 0 Å². The lowest BCUT2D eigenvalue weighted by Crippen LogP contribution is -2.27. The highest BCUT2D eigenvalue weighted by atomic mass is 79.9. The molecular formula is C13H20BrN. The number of hydrogen-bond acceptors (Lipinski definition) is 1. The summed E-state index contributed by atoms with van der Waals surface area (Å²) in [7, 11) is 0. The van der Waals surface area contributed by atoms with Crippen molar-refractivity contribution in [3.8, 4) is 0 Å². The van der Waals surface area contributed by atoms with Crippen molar-refractivity contribution in [2.75, 3.05) is 0 Å². The van der Waals surface area contributed by atoms with Crippen LogP contribution >= 0.6 is 15.9 Å². The highest BCUT2D eigenvalue weighted by molar-refractivity contribution is 9.10. The van der Waals surface area contributed by atoms with Crippen LogP contribution in [0.4, 0.5) is 0 Å². The Kier molecular flexibility index (Phi) is 3.62. The summed E-state index contributed by atoms with van der Waals surface area (Å²) in [5, 5.41) is 0. The maximum absolute atomic E-state index is 6.28. The van der Waals surface area contributed by atoms with E-state index in [1.165, 1.54) is 16.7 Å². The first-order valence-corrected chi connectivity index (χ1v) is 6.05. The predicted octanol–water partition coefficient (Wildman–Crippen LogP) is 4.11. The van der Waals surface area contributed by atoms with Crippen LogP contribution in [0.3, 0.4) is 0 Å². The Balaban J connectivity index is 3.21. The van der Waals surface area contributed by atoms with E-state index in [2.05, 4.69) is 62.7 Å². The summed E-state index contributed by atoms with van der Waals surface area (Å²) >= 11 is 3.54. The quantitative estimate of drug-likeness (QED) is 0.816. The van der Waals surface area contributed by atoms with Gasteiger partial charge in [0.15, 0.2) is 0 Å². The van der Waals surface area contributed by atoms with E-state index in [0.29, 0.717) is 0 Å². The zero-order chi connectivity index (χ0) is 11.8. The molecule has 0 fully saturated rings. The van der Waals surface area contributed by atoms with E-state index in [4.69, 9.17) is 5.73 Å². The molecule has 0 saturated carbocycles. The van der Waals surface area contributed by atoms with Crippen molar-refractivity contribution in [2.45, 2.75) is 40.7 Å². The van der Waals surface area contributed by atoms with Crippen molar-refractivity contribution in [3.05, 3.63) is 33.3 Å². The topological polar surface area (TPSA) is 26.0 Å². The van der Waals surface area contributed by atoms with E-state index in [-0.39, 0.29) is 11.5 Å². The van der Waals surface area contributed by atoms with Crippen molar-refractivity contribution in [1.82, 2.24) is 0 Å². The monoisotopic (exact) mass is 269 g/mol. The Morgan fingerprint density at radius 2 is 1.67 bits per heavy atom. The van der Waals surface area contributed by atoms with Crippen LogP contribution in [-0.2, 0) is 0 Å². The third-order valence-electron chi connectivity index (χ3n) is 2.82. The average Bonchev–Trinajstić information content (AvgIpc) is 2.08. The minimum Gasteiger partial charge on any atom is -0.324 e. The fraction of sp³-hybridized carbons (Fsp3) is 0.538. The second-order valence-corrected chi connectivity index (χ2v) is 6.16. The molecule has 84 valence electrons. The zero-order valence-corrected chi connectivity index (χ0v) is 11.8. The third kappa shape index (κ3) is 2.82. The Morgan fingerprint density at radius 1 is 1.13 bits per heavy atom. The molecule has 1 aromatic rings. The molecule has 0 amide bonds. The van der Waals surface area contributed by atoms with E-state index in [1.54, 1.807) is 0 Å². The van der Waals surface area contributed by atoms with Gasteiger partial charge in [0.25, 0.3) is 0 Å². The van der Waals surface area contributed by atoms with Crippen LogP contribution in [-0.4, -0.2) is 0 Å². The molecule has 0 aromatic heterocycles. The molecule has 0 radical (unpaired) electrons. The van der Waals surface area contributed by atoms with Crippen LogP contribution in [0.15, 0.2) is 16.6 Å². The molecule has 0 spiro atoms. The van der Waals surface area contributed by atoms with Gasteiger partial charge in [-0.05, 0) is 42.0 Å². The first-order chi connectivity index (χ1) is 6.73. The van der Waals surface area contributed by atoms with Crippen molar-refractivity contribution >= 4 is 15.9 Å². The number of rotatable bonds is 1. The molecule has 1 unspecified atom stereocenters. The molecular weight excluding hydrogens is 250 g/mol. The Bertz CT molecular complexity index is 364. The highest BCUT2D eigenvalue weighted by Crippen LogP contribution is 2.34. The molecule has 0 saturated heterocycles. The summed E-state index contributed by atoms with van der Waals surface area (Å²) in [5.41, 5.74) is 10.1. The molecule has 2 heteroatoms. The molecule has 0 heterocycles. The number of aryl methyl sites for hydroxylation is 2. The fourth-order valence-corrected chi connectivity index (χ4v) is 2.06. The Morgan fingerprint density at radius 3 is 2.13 bits per heavy atom. The maximum Gasteiger partial charge on any atom is 0.0346 e. The normalized spacial score (nSPS) is 14.1. The van der Waals surface area contributed by atoms with Gasteiger partial charge in [-0.2, -0.15) is 0 Å². The summed E-state index contributed by atoms with van der Waals surface area (Å²) in [4.78, 5) is 0. The first kappa shape index (κ1) is 12.7. The molecule has 2 N–H and O–H groups in total. The average molecular weight is 270 g/mol. The van der Waals surface area contributed by atoms with Crippen LogP contribution in [0.5, 0.6) is 0 Å². The van der Waals surface area contributed by atoms with Gasteiger partial charge in [-0.25, -0.2) is 0 Å². The molecule has 1 aromatic carbocycles. The van der Waals surface area contributed by atoms with Gasteiger partial charge in [-0.15, -0.1) is 0 Å². The largest absolute Gasteiger partial charge is 0.324 e. The van der Waals surface area contributed by atoms with E-state index in [0.717, 1.165) is 4.47 Å².